The zero-order chi connectivity index (χ0) is 11.7. The van der Waals surface area contributed by atoms with Crippen molar-refractivity contribution in [2.24, 2.45) is 5.16 Å². The Balaban J connectivity index is 2.32. The van der Waals surface area contributed by atoms with Crippen molar-refractivity contribution in [3.05, 3.63) is 47.6 Å². The van der Waals surface area contributed by atoms with Gasteiger partial charge in [0.1, 0.15) is 5.69 Å². The number of imidazole rings is 1. The number of pyridine rings is 1. The van der Waals surface area contributed by atoms with Gasteiger partial charge < -0.3 is 5.21 Å². The molecule has 0 saturated carbocycles. The van der Waals surface area contributed by atoms with E-state index in [-0.39, 0.29) is 0 Å². The van der Waals surface area contributed by atoms with E-state index in [1.165, 1.54) is 6.21 Å². The Hall–Kier alpha value is -2.14. The predicted octanol–water partition coefficient (Wildman–Crippen LogP) is 2.87. The molecule has 3 aromatic heterocycles. The van der Waals surface area contributed by atoms with Gasteiger partial charge in [-0.3, -0.25) is 4.40 Å². The summed E-state index contributed by atoms with van der Waals surface area (Å²) in [5.41, 5.74) is 1.59. The number of thiophene rings is 1. The van der Waals surface area contributed by atoms with Crippen molar-refractivity contribution in [3.63, 3.8) is 0 Å². The SMILES string of the molecule is ON=Cc1nc(-c2cccs2)n2ccccc12. The maximum Gasteiger partial charge on any atom is 0.155 e. The van der Waals surface area contributed by atoms with Crippen LogP contribution in [0.3, 0.4) is 0 Å². The molecule has 84 valence electrons. The molecule has 0 amide bonds. The molecule has 0 radical (unpaired) electrons. The minimum Gasteiger partial charge on any atom is -0.411 e. The van der Waals surface area contributed by atoms with E-state index in [1.54, 1.807) is 11.3 Å². The van der Waals surface area contributed by atoms with E-state index in [9.17, 15) is 0 Å². The molecule has 0 saturated heterocycles. The zero-order valence-corrected chi connectivity index (χ0v) is 9.63. The maximum atomic E-state index is 8.64. The Kier molecular flexibility index (Phi) is 2.38. The van der Waals surface area contributed by atoms with Crippen LogP contribution in [0, 0.1) is 0 Å². The normalized spacial score (nSPS) is 11.5. The van der Waals surface area contributed by atoms with Gasteiger partial charge in [-0.25, -0.2) is 4.98 Å². The molecule has 0 aromatic carbocycles. The van der Waals surface area contributed by atoms with E-state index in [1.807, 2.05) is 46.3 Å². The average Bonchev–Trinajstić information content (AvgIpc) is 2.97. The second kappa shape index (κ2) is 4.03. The van der Waals surface area contributed by atoms with Gasteiger partial charge in [0.05, 0.1) is 16.6 Å². The summed E-state index contributed by atoms with van der Waals surface area (Å²) in [4.78, 5) is 5.57. The van der Waals surface area contributed by atoms with Crippen LogP contribution in [0.1, 0.15) is 5.69 Å². The zero-order valence-electron chi connectivity index (χ0n) is 8.82. The minimum atomic E-state index is 0.663. The number of aromatic nitrogens is 2. The van der Waals surface area contributed by atoms with Crippen LogP contribution in [-0.4, -0.2) is 20.8 Å². The lowest BCUT2D eigenvalue weighted by molar-refractivity contribution is 0.322. The van der Waals surface area contributed by atoms with Gasteiger partial charge in [0.2, 0.25) is 0 Å². The van der Waals surface area contributed by atoms with Gasteiger partial charge in [0, 0.05) is 6.20 Å². The number of hydrogen-bond donors (Lipinski definition) is 1. The van der Waals surface area contributed by atoms with Crippen LogP contribution < -0.4 is 0 Å². The standard InChI is InChI=1S/C12H9N3OS/c16-13-8-9-10-4-1-2-6-15(10)12(14-9)11-5-3-7-17-11/h1-8,16H. The molecule has 0 atom stereocenters. The lowest BCUT2D eigenvalue weighted by Gasteiger charge is -1.96. The Morgan fingerprint density at radius 1 is 1.29 bits per heavy atom. The van der Waals surface area contributed by atoms with Gasteiger partial charge in [0.15, 0.2) is 5.82 Å². The van der Waals surface area contributed by atoms with Crippen LogP contribution in [0.4, 0.5) is 0 Å². The molecular weight excluding hydrogens is 234 g/mol. The Morgan fingerprint density at radius 2 is 2.24 bits per heavy atom. The van der Waals surface area contributed by atoms with Crippen molar-refractivity contribution in [1.29, 1.82) is 0 Å². The molecule has 3 heterocycles. The van der Waals surface area contributed by atoms with Gasteiger partial charge in [-0.05, 0) is 23.6 Å². The molecule has 3 aromatic rings. The number of oxime groups is 1. The van der Waals surface area contributed by atoms with Crippen LogP contribution in [0.25, 0.3) is 16.2 Å². The summed E-state index contributed by atoms with van der Waals surface area (Å²) in [6, 6.07) is 9.84. The highest BCUT2D eigenvalue weighted by atomic mass is 32.1. The Morgan fingerprint density at radius 3 is 3.00 bits per heavy atom. The van der Waals surface area contributed by atoms with Gasteiger partial charge in [-0.15, -0.1) is 11.3 Å². The average molecular weight is 243 g/mol. The molecule has 1 N–H and O–H groups in total. The summed E-state index contributed by atoms with van der Waals surface area (Å²) >= 11 is 1.63. The fourth-order valence-electron chi connectivity index (χ4n) is 1.79. The van der Waals surface area contributed by atoms with Gasteiger partial charge in [-0.2, -0.15) is 0 Å². The summed E-state index contributed by atoms with van der Waals surface area (Å²) < 4.78 is 1.99. The number of nitrogens with zero attached hydrogens (tertiary/aromatic N) is 3. The van der Waals surface area contributed by atoms with Crippen molar-refractivity contribution in [1.82, 2.24) is 9.38 Å². The molecule has 5 heteroatoms. The number of rotatable bonds is 2. The second-order valence-corrected chi connectivity index (χ2v) is 4.45. The first-order valence-corrected chi connectivity index (χ1v) is 5.96. The molecule has 0 spiro atoms. The van der Waals surface area contributed by atoms with E-state index in [2.05, 4.69) is 10.1 Å². The van der Waals surface area contributed by atoms with E-state index in [0.29, 0.717) is 5.69 Å². The molecule has 4 nitrogen and oxygen atoms in total. The Labute approximate surface area is 101 Å². The van der Waals surface area contributed by atoms with Gasteiger partial charge in [0.25, 0.3) is 0 Å². The molecule has 0 aliphatic heterocycles. The third-order valence-corrected chi connectivity index (χ3v) is 3.36. The third-order valence-electron chi connectivity index (χ3n) is 2.50. The highest BCUT2D eigenvalue weighted by molar-refractivity contribution is 7.13. The van der Waals surface area contributed by atoms with Crippen molar-refractivity contribution >= 4 is 23.1 Å². The molecule has 0 aliphatic rings. The summed E-state index contributed by atoms with van der Waals surface area (Å²) in [6.45, 7) is 0. The van der Waals surface area contributed by atoms with E-state index < -0.39 is 0 Å². The Bertz CT molecular complexity index is 670. The number of hydrogen-bond acceptors (Lipinski definition) is 4. The first-order chi connectivity index (χ1) is 8.40. The van der Waals surface area contributed by atoms with Crippen molar-refractivity contribution in [3.8, 4) is 10.7 Å². The molecular formula is C12H9N3OS. The van der Waals surface area contributed by atoms with Gasteiger partial charge in [-0.1, -0.05) is 17.3 Å². The predicted molar refractivity (Wildman–Crippen MR) is 67.9 cm³/mol. The van der Waals surface area contributed by atoms with Crippen LogP contribution in [0.2, 0.25) is 0 Å². The van der Waals surface area contributed by atoms with Crippen LogP contribution >= 0.6 is 11.3 Å². The topological polar surface area (TPSA) is 49.9 Å². The molecule has 3 rings (SSSR count). The third kappa shape index (κ3) is 1.60. The second-order valence-electron chi connectivity index (χ2n) is 3.50. The molecule has 0 aliphatic carbocycles. The van der Waals surface area contributed by atoms with E-state index >= 15 is 0 Å². The minimum absolute atomic E-state index is 0.663. The fraction of sp³-hybridized carbons (Fsp3) is 0. The largest absolute Gasteiger partial charge is 0.411 e. The smallest absolute Gasteiger partial charge is 0.155 e. The van der Waals surface area contributed by atoms with Crippen molar-refractivity contribution < 1.29 is 5.21 Å². The summed E-state index contributed by atoms with van der Waals surface area (Å²) in [5, 5.41) is 13.7. The van der Waals surface area contributed by atoms with Crippen LogP contribution in [0.5, 0.6) is 0 Å². The lowest BCUT2D eigenvalue weighted by Crippen LogP contribution is -1.85. The maximum absolute atomic E-state index is 8.64. The van der Waals surface area contributed by atoms with Gasteiger partial charge >= 0.3 is 0 Å². The number of fused-ring (bicyclic) bond motifs is 1. The molecule has 17 heavy (non-hydrogen) atoms. The fourth-order valence-corrected chi connectivity index (χ4v) is 2.50. The van der Waals surface area contributed by atoms with E-state index in [4.69, 9.17) is 5.21 Å². The summed E-state index contributed by atoms with van der Waals surface area (Å²) in [5.74, 6) is 0.866. The highest BCUT2D eigenvalue weighted by Crippen LogP contribution is 2.25. The summed E-state index contributed by atoms with van der Waals surface area (Å²) in [7, 11) is 0. The summed E-state index contributed by atoms with van der Waals surface area (Å²) in [6.07, 6.45) is 3.30. The monoisotopic (exact) mass is 243 g/mol. The quantitative estimate of drug-likeness (QED) is 0.427. The van der Waals surface area contributed by atoms with Crippen molar-refractivity contribution in [2.75, 3.05) is 0 Å². The van der Waals surface area contributed by atoms with Crippen LogP contribution in [-0.2, 0) is 0 Å². The highest BCUT2D eigenvalue weighted by Gasteiger charge is 2.11. The van der Waals surface area contributed by atoms with Crippen molar-refractivity contribution in [2.45, 2.75) is 0 Å². The van der Waals surface area contributed by atoms with Crippen LogP contribution in [0.15, 0.2) is 47.1 Å². The molecule has 0 fully saturated rings. The molecule has 0 unspecified atom stereocenters. The molecule has 0 bridgehead atoms. The lowest BCUT2D eigenvalue weighted by atomic mass is 10.3. The first-order valence-electron chi connectivity index (χ1n) is 5.08. The van der Waals surface area contributed by atoms with E-state index in [0.717, 1.165) is 16.2 Å². The first kappa shape index (κ1) is 10.0.